The molecule has 1 saturated heterocycles. The lowest BCUT2D eigenvalue weighted by atomic mass is 10.1. The van der Waals surface area contributed by atoms with E-state index < -0.39 is 0 Å². The van der Waals surface area contributed by atoms with Gasteiger partial charge >= 0.3 is 0 Å². The van der Waals surface area contributed by atoms with E-state index in [1.807, 2.05) is 0 Å². The molecule has 1 aliphatic heterocycles. The number of hydrogen-bond donors (Lipinski definition) is 5. The van der Waals surface area contributed by atoms with Gasteiger partial charge in [0.1, 0.15) is 0 Å². The molecule has 0 aromatic heterocycles. The van der Waals surface area contributed by atoms with Crippen LogP contribution in [0.15, 0.2) is 0 Å². The summed E-state index contributed by atoms with van der Waals surface area (Å²) >= 11 is 0. The van der Waals surface area contributed by atoms with Crippen LogP contribution in [-0.4, -0.2) is 57.9 Å². The van der Waals surface area contributed by atoms with Gasteiger partial charge in [-0.25, -0.2) is 0 Å². The normalized spacial score (nSPS) is 24.0. The molecule has 6 N–H and O–H groups in total. The molecule has 1 rings (SSSR count). The summed E-state index contributed by atoms with van der Waals surface area (Å²) in [5.74, 6) is 0. The lowest BCUT2D eigenvalue weighted by Gasteiger charge is -2.30. The van der Waals surface area contributed by atoms with Gasteiger partial charge in [-0.2, -0.15) is 0 Å². The van der Waals surface area contributed by atoms with Crippen LogP contribution in [0.5, 0.6) is 0 Å². The standard InChI is InChI=1S/C10H25N5/c1-9(10-8-13-5-7-15-10)14-6-4-12-3-2-11/h9-10,12-15H,2-8,11H2,1H3. The molecule has 1 heterocycles. The largest absolute Gasteiger partial charge is 0.329 e. The lowest BCUT2D eigenvalue weighted by molar-refractivity contribution is 0.339. The van der Waals surface area contributed by atoms with Gasteiger partial charge in [0.05, 0.1) is 0 Å². The van der Waals surface area contributed by atoms with Crippen molar-refractivity contribution in [2.24, 2.45) is 5.73 Å². The SMILES string of the molecule is CC(NCCNCCN)C1CNCCN1. The second-order valence-electron chi connectivity index (χ2n) is 4.05. The van der Waals surface area contributed by atoms with E-state index in [2.05, 4.69) is 28.2 Å². The second kappa shape index (κ2) is 8.01. The fraction of sp³-hybridized carbons (Fsp3) is 1.00. The highest BCUT2D eigenvalue weighted by molar-refractivity contribution is 4.84. The van der Waals surface area contributed by atoms with Crippen LogP contribution < -0.4 is 27.0 Å². The Morgan fingerprint density at radius 3 is 2.87 bits per heavy atom. The van der Waals surface area contributed by atoms with E-state index in [0.29, 0.717) is 18.6 Å². The fourth-order valence-corrected chi connectivity index (χ4v) is 1.79. The molecule has 0 saturated carbocycles. The van der Waals surface area contributed by atoms with Crippen molar-refractivity contribution < 1.29 is 0 Å². The van der Waals surface area contributed by atoms with Crippen LogP contribution in [0.4, 0.5) is 0 Å². The quantitative estimate of drug-likeness (QED) is 0.320. The van der Waals surface area contributed by atoms with Crippen molar-refractivity contribution in [2.45, 2.75) is 19.0 Å². The predicted molar refractivity (Wildman–Crippen MR) is 64.0 cm³/mol. The van der Waals surface area contributed by atoms with Gasteiger partial charge in [0.15, 0.2) is 0 Å². The Hall–Kier alpha value is -0.200. The summed E-state index contributed by atoms with van der Waals surface area (Å²) in [5, 5.41) is 13.7. The summed E-state index contributed by atoms with van der Waals surface area (Å²) in [6.07, 6.45) is 0. The molecule has 0 radical (unpaired) electrons. The van der Waals surface area contributed by atoms with Crippen LogP contribution in [0.3, 0.4) is 0 Å². The molecule has 0 aromatic carbocycles. The summed E-state index contributed by atoms with van der Waals surface area (Å²) < 4.78 is 0. The zero-order valence-corrected chi connectivity index (χ0v) is 9.68. The van der Waals surface area contributed by atoms with Crippen molar-refractivity contribution >= 4 is 0 Å². The molecule has 1 aliphatic rings. The van der Waals surface area contributed by atoms with Crippen molar-refractivity contribution in [3.8, 4) is 0 Å². The average molecular weight is 215 g/mol. The van der Waals surface area contributed by atoms with E-state index in [0.717, 1.165) is 39.3 Å². The Bertz CT molecular complexity index is 147. The van der Waals surface area contributed by atoms with Gasteiger partial charge < -0.3 is 27.0 Å². The summed E-state index contributed by atoms with van der Waals surface area (Å²) in [4.78, 5) is 0. The third-order valence-electron chi connectivity index (χ3n) is 2.77. The van der Waals surface area contributed by atoms with Crippen LogP contribution in [0.1, 0.15) is 6.92 Å². The van der Waals surface area contributed by atoms with Crippen molar-refractivity contribution in [3.63, 3.8) is 0 Å². The Balaban J connectivity index is 1.99. The molecule has 5 nitrogen and oxygen atoms in total. The van der Waals surface area contributed by atoms with Crippen molar-refractivity contribution in [2.75, 3.05) is 45.8 Å². The third-order valence-corrected chi connectivity index (χ3v) is 2.77. The number of hydrogen-bond acceptors (Lipinski definition) is 5. The molecule has 1 fully saturated rings. The maximum Gasteiger partial charge on any atom is 0.0344 e. The van der Waals surface area contributed by atoms with E-state index in [1.165, 1.54) is 0 Å². The molecule has 5 heteroatoms. The molecule has 0 spiro atoms. The van der Waals surface area contributed by atoms with Gasteiger partial charge in [0, 0.05) is 57.9 Å². The van der Waals surface area contributed by atoms with E-state index in [9.17, 15) is 0 Å². The maximum absolute atomic E-state index is 5.39. The first-order valence-corrected chi connectivity index (χ1v) is 5.93. The van der Waals surface area contributed by atoms with Crippen LogP contribution in [-0.2, 0) is 0 Å². The molecule has 0 amide bonds. The van der Waals surface area contributed by atoms with Gasteiger partial charge in [0.25, 0.3) is 0 Å². The maximum atomic E-state index is 5.39. The van der Waals surface area contributed by atoms with Crippen LogP contribution >= 0.6 is 0 Å². The number of nitrogens with one attached hydrogen (secondary N) is 4. The average Bonchev–Trinajstić information content (AvgIpc) is 2.30. The van der Waals surface area contributed by atoms with Gasteiger partial charge in [-0.05, 0) is 6.92 Å². The van der Waals surface area contributed by atoms with Crippen molar-refractivity contribution in [3.05, 3.63) is 0 Å². The Labute approximate surface area is 92.6 Å². The minimum absolute atomic E-state index is 0.512. The fourth-order valence-electron chi connectivity index (χ4n) is 1.79. The van der Waals surface area contributed by atoms with Crippen LogP contribution in [0.25, 0.3) is 0 Å². The highest BCUT2D eigenvalue weighted by atomic mass is 15.1. The molecule has 90 valence electrons. The zero-order valence-electron chi connectivity index (χ0n) is 9.68. The van der Waals surface area contributed by atoms with E-state index in [4.69, 9.17) is 5.73 Å². The summed E-state index contributed by atoms with van der Waals surface area (Å²) in [6, 6.07) is 1.06. The van der Waals surface area contributed by atoms with Crippen molar-refractivity contribution in [1.29, 1.82) is 0 Å². The molecule has 2 unspecified atom stereocenters. The molecule has 0 aliphatic carbocycles. The summed E-state index contributed by atoms with van der Waals surface area (Å²) in [7, 11) is 0. The van der Waals surface area contributed by atoms with E-state index >= 15 is 0 Å². The Morgan fingerprint density at radius 1 is 1.33 bits per heavy atom. The molecule has 0 aromatic rings. The highest BCUT2D eigenvalue weighted by Crippen LogP contribution is 1.94. The van der Waals surface area contributed by atoms with E-state index in [-0.39, 0.29) is 0 Å². The number of rotatable bonds is 7. The zero-order chi connectivity index (χ0) is 10.9. The van der Waals surface area contributed by atoms with Crippen LogP contribution in [0, 0.1) is 0 Å². The smallest absolute Gasteiger partial charge is 0.0344 e. The second-order valence-corrected chi connectivity index (χ2v) is 4.05. The number of piperazine rings is 1. The highest BCUT2D eigenvalue weighted by Gasteiger charge is 2.17. The third kappa shape index (κ3) is 5.44. The summed E-state index contributed by atoms with van der Waals surface area (Å²) in [5.41, 5.74) is 5.39. The first kappa shape index (κ1) is 12.9. The van der Waals surface area contributed by atoms with E-state index in [1.54, 1.807) is 0 Å². The molecule has 2 atom stereocenters. The van der Waals surface area contributed by atoms with Gasteiger partial charge in [0.2, 0.25) is 0 Å². The van der Waals surface area contributed by atoms with Gasteiger partial charge in [-0.15, -0.1) is 0 Å². The predicted octanol–water partition coefficient (Wildman–Crippen LogP) is -1.93. The summed E-state index contributed by atoms with van der Waals surface area (Å²) in [6.45, 7) is 9.05. The molecule has 15 heavy (non-hydrogen) atoms. The first-order chi connectivity index (χ1) is 7.34. The Kier molecular flexibility index (Phi) is 6.87. The first-order valence-electron chi connectivity index (χ1n) is 5.93. The topological polar surface area (TPSA) is 74.1 Å². The lowest BCUT2D eigenvalue weighted by Crippen LogP contribution is -2.57. The minimum Gasteiger partial charge on any atom is -0.329 e. The molecular weight excluding hydrogens is 190 g/mol. The molecular formula is C10H25N5. The minimum atomic E-state index is 0.512. The van der Waals surface area contributed by atoms with Crippen molar-refractivity contribution in [1.82, 2.24) is 21.3 Å². The number of nitrogens with two attached hydrogens (primary N) is 1. The Morgan fingerprint density at radius 2 is 2.20 bits per heavy atom. The van der Waals surface area contributed by atoms with Gasteiger partial charge in [-0.3, -0.25) is 0 Å². The van der Waals surface area contributed by atoms with Gasteiger partial charge in [-0.1, -0.05) is 0 Å². The van der Waals surface area contributed by atoms with Crippen LogP contribution in [0.2, 0.25) is 0 Å². The monoisotopic (exact) mass is 215 g/mol. The molecule has 0 bridgehead atoms.